The number of aromatic hydroxyl groups is 1. The second kappa shape index (κ2) is 2.78. The van der Waals surface area contributed by atoms with Crippen molar-refractivity contribution >= 4 is 19.6 Å². The van der Waals surface area contributed by atoms with E-state index in [1.807, 2.05) is 0 Å². The number of rotatable bonds is 1. The molecule has 11 heavy (non-hydrogen) atoms. The maximum atomic E-state index is 10.4. The molecular weight excluding hydrogens is 139 g/mol. The predicted octanol–water partition coefficient (Wildman–Crippen LogP) is 0.307. The van der Waals surface area contributed by atoms with Gasteiger partial charge in [-0.3, -0.25) is 4.79 Å². The zero-order chi connectivity index (χ0) is 8.43. The van der Waals surface area contributed by atoms with Crippen molar-refractivity contribution in [1.29, 1.82) is 0 Å². The molecule has 0 bridgehead atoms. The molecule has 0 unspecified atom stereocenters. The highest BCUT2D eigenvalue weighted by Gasteiger charge is 2.00. The number of phenolic OH excluding ortho intramolecular Hbond substituents is 1. The SMILES string of the molecule is [B]c1cc(C=O)c(C)cc1O. The highest BCUT2D eigenvalue weighted by Crippen LogP contribution is 2.10. The van der Waals surface area contributed by atoms with Crippen molar-refractivity contribution in [3.8, 4) is 5.75 Å². The Labute approximate surface area is 66.3 Å². The topological polar surface area (TPSA) is 37.3 Å². The maximum Gasteiger partial charge on any atom is 0.150 e. The van der Waals surface area contributed by atoms with Gasteiger partial charge in [0, 0.05) is 5.56 Å². The van der Waals surface area contributed by atoms with E-state index in [-0.39, 0.29) is 11.2 Å². The molecule has 1 rings (SSSR count). The third-order valence-electron chi connectivity index (χ3n) is 1.54. The Bertz CT molecular complexity index is 294. The van der Waals surface area contributed by atoms with Gasteiger partial charge in [-0.2, -0.15) is 0 Å². The average molecular weight is 146 g/mol. The van der Waals surface area contributed by atoms with E-state index in [1.165, 1.54) is 12.1 Å². The zero-order valence-corrected chi connectivity index (χ0v) is 6.16. The lowest BCUT2D eigenvalue weighted by Gasteiger charge is -2.02. The van der Waals surface area contributed by atoms with Crippen molar-refractivity contribution in [1.82, 2.24) is 0 Å². The van der Waals surface area contributed by atoms with Crippen LogP contribution in [0, 0.1) is 6.92 Å². The Morgan fingerprint density at radius 3 is 2.73 bits per heavy atom. The van der Waals surface area contributed by atoms with Gasteiger partial charge in [-0.25, -0.2) is 0 Å². The maximum absolute atomic E-state index is 10.4. The summed E-state index contributed by atoms with van der Waals surface area (Å²) < 4.78 is 0. The van der Waals surface area contributed by atoms with Gasteiger partial charge in [0.15, 0.2) is 0 Å². The molecule has 0 aromatic heterocycles. The summed E-state index contributed by atoms with van der Waals surface area (Å²) in [7, 11) is 5.36. The lowest BCUT2D eigenvalue weighted by atomic mass is 9.91. The van der Waals surface area contributed by atoms with Crippen molar-refractivity contribution < 1.29 is 9.90 Å². The number of aryl methyl sites for hydroxylation is 1. The number of phenols is 1. The lowest BCUT2D eigenvalue weighted by molar-refractivity contribution is 0.112. The Kier molecular flexibility index (Phi) is 1.99. The third-order valence-corrected chi connectivity index (χ3v) is 1.54. The first-order valence-corrected chi connectivity index (χ1v) is 3.19. The third kappa shape index (κ3) is 1.42. The lowest BCUT2D eigenvalue weighted by Crippen LogP contribution is -2.05. The van der Waals surface area contributed by atoms with Crippen LogP contribution < -0.4 is 5.46 Å². The molecule has 2 nitrogen and oxygen atoms in total. The van der Waals surface area contributed by atoms with Gasteiger partial charge in [-0.05, 0) is 18.6 Å². The van der Waals surface area contributed by atoms with E-state index >= 15 is 0 Å². The number of aldehydes is 1. The van der Waals surface area contributed by atoms with E-state index in [4.69, 9.17) is 13.0 Å². The molecule has 0 saturated carbocycles. The summed E-state index contributed by atoms with van der Waals surface area (Å²) >= 11 is 0. The van der Waals surface area contributed by atoms with Crippen LogP contribution in [-0.4, -0.2) is 19.2 Å². The highest BCUT2D eigenvalue weighted by atomic mass is 16.3. The summed E-state index contributed by atoms with van der Waals surface area (Å²) in [5, 5.41) is 9.08. The van der Waals surface area contributed by atoms with Crippen molar-refractivity contribution in [3.05, 3.63) is 23.3 Å². The van der Waals surface area contributed by atoms with E-state index in [2.05, 4.69) is 0 Å². The number of hydrogen-bond donors (Lipinski definition) is 1. The predicted molar refractivity (Wildman–Crippen MR) is 43.6 cm³/mol. The van der Waals surface area contributed by atoms with E-state index in [1.54, 1.807) is 6.92 Å². The number of hydrogen-bond acceptors (Lipinski definition) is 2. The molecule has 0 aliphatic carbocycles. The van der Waals surface area contributed by atoms with Crippen LogP contribution in [0.5, 0.6) is 5.75 Å². The Morgan fingerprint density at radius 1 is 1.55 bits per heavy atom. The molecule has 1 aromatic carbocycles. The van der Waals surface area contributed by atoms with Crippen LogP contribution >= 0.6 is 0 Å². The van der Waals surface area contributed by atoms with Gasteiger partial charge in [-0.1, -0.05) is 11.5 Å². The van der Waals surface area contributed by atoms with Gasteiger partial charge in [0.2, 0.25) is 0 Å². The van der Waals surface area contributed by atoms with Gasteiger partial charge < -0.3 is 5.11 Å². The molecule has 0 aliphatic heterocycles. The van der Waals surface area contributed by atoms with Crippen LogP contribution in [0.25, 0.3) is 0 Å². The first-order chi connectivity index (χ1) is 5.15. The van der Waals surface area contributed by atoms with Crippen LogP contribution in [0.2, 0.25) is 0 Å². The summed E-state index contributed by atoms with van der Waals surface area (Å²) in [6, 6.07) is 2.93. The molecule has 0 saturated heterocycles. The Balaban J connectivity index is 3.31. The quantitative estimate of drug-likeness (QED) is 0.457. The summed E-state index contributed by atoms with van der Waals surface area (Å²) in [5.74, 6) is 0.0214. The van der Waals surface area contributed by atoms with E-state index < -0.39 is 0 Å². The molecule has 54 valence electrons. The number of benzene rings is 1. The fourth-order valence-corrected chi connectivity index (χ4v) is 0.854. The second-order valence-corrected chi connectivity index (χ2v) is 2.39. The van der Waals surface area contributed by atoms with Gasteiger partial charge in [0.05, 0.1) is 0 Å². The molecule has 0 spiro atoms. The molecule has 2 radical (unpaired) electrons. The summed E-state index contributed by atoms with van der Waals surface area (Å²) in [6.45, 7) is 1.74. The van der Waals surface area contributed by atoms with Gasteiger partial charge >= 0.3 is 0 Å². The molecule has 3 heteroatoms. The minimum absolute atomic E-state index is 0.0214. The van der Waals surface area contributed by atoms with Gasteiger partial charge in [0.25, 0.3) is 0 Å². The standard InChI is InChI=1S/C8H7BO2/c1-5-2-8(11)7(9)3-6(5)4-10/h2-4,11H,1H3. The molecular formula is C8H7BO2. The second-order valence-electron chi connectivity index (χ2n) is 2.39. The molecule has 0 atom stereocenters. The molecule has 1 N–H and O–H groups in total. The van der Waals surface area contributed by atoms with Crippen molar-refractivity contribution in [2.24, 2.45) is 0 Å². The Morgan fingerprint density at radius 2 is 2.18 bits per heavy atom. The minimum Gasteiger partial charge on any atom is -0.509 e. The molecule has 0 aliphatic rings. The van der Waals surface area contributed by atoms with Crippen LogP contribution in [0.4, 0.5) is 0 Å². The summed E-state index contributed by atoms with van der Waals surface area (Å²) in [5.41, 5.74) is 1.48. The summed E-state index contributed by atoms with van der Waals surface area (Å²) in [6.07, 6.45) is 0.713. The monoisotopic (exact) mass is 146 g/mol. The average Bonchev–Trinajstić information content (AvgIpc) is 1.97. The van der Waals surface area contributed by atoms with Crippen LogP contribution in [0.1, 0.15) is 15.9 Å². The number of carbonyl (C=O) groups is 1. The van der Waals surface area contributed by atoms with Crippen LogP contribution in [0.15, 0.2) is 12.1 Å². The van der Waals surface area contributed by atoms with E-state index in [0.29, 0.717) is 11.8 Å². The highest BCUT2D eigenvalue weighted by molar-refractivity contribution is 6.34. The van der Waals surface area contributed by atoms with E-state index in [9.17, 15) is 4.79 Å². The molecule has 0 heterocycles. The Hall–Kier alpha value is -1.25. The van der Waals surface area contributed by atoms with Crippen molar-refractivity contribution in [3.63, 3.8) is 0 Å². The fourth-order valence-electron chi connectivity index (χ4n) is 0.854. The summed E-state index contributed by atoms with van der Waals surface area (Å²) in [4.78, 5) is 10.4. The van der Waals surface area contributed by atoms with Gasteiger partial charge in [0.1, 0.15) is 19.9 Å². The molecule has 1 aromatic rings. The van der Waals surface area contributed by atoms with Crippen LogP contribution in [0.3, 0.4) is 0 Å². The smallest absolute Gasteiger partial charge is 0.150 e. The molecule has 0 fully saturated rings. The zero-order valence-electron chi connectivity index (χ0n) is 6.16. The minimum atomic E-state index is 0.0214. The normalized spacial score (nSPS) is 9.55. The largest absolute Gasteiger partial charge is 0.509 e. The van der Waals surface area contributed by atoms with E-state index in [0.717, 1.165) is 5.56 Å². The van der Waals surface area contributed by atoms with Crippen LogP contribution in [-0.2, 0) is 0 Å². The van der Waals surface area contributed by atoms with Gasteiger partial charge in [-0.15, -0.1) is 0 Å². The molecule has 0 amide bonds. The fraction of sp³-hybridized carbons (Fsp3) is 0.125. The number of carbonyl (C=O) groups excluding carboxylic acids is 1. The van der Waals surface area contributed by atoms with Crippen molar-refractivity contribution in [2.45, 2.75) is 6.92 Å². The first kappa shape index (κ1) is 7.86. The first-order valence-electron chi connectivity index (χ1n) is 3.19. The van der Waals surface area contributed by atoms with Crippen molar-refractivity contribution in [2.75, 3.05) is 0 Å².